The Morgan fingerprint density at radius 2 is 2.11 bits per heavy atom. The van der Waals surface area contributed by atoms with E-state index in [1.165, 1.54) is 12.8 Å². The van der Waals surface area contributed by atoms with Gasteiger partial charge in [0.25, 0.3) is 0 Å². The highest BCUT2D eigenvalue weighted by Crippen LogP contribution is 2.30. The predicted molar refractivity (Wildman–Crippen MR) is 75.4 cm³/mol. The van der Waals surface area contributed by atoms with Crippen LogP contribution in [-0.2, 0) is 4.79 Å². The summed E-state index contributed by atoms with van der Waals surface area (Å²) in [5.74, 6) is 0.439. The predicted octanol–water partition coefficient (Wildman–Crippen LogP) is 1.78. The van der Waals surface area contributed by atoms with Gasteiger partial charge in [0.2, 0.25) is 0 Å². The topological polar surface area (TPSA) is 69.6 Å². The van der Waals surface area contributed by atoms with Crippen LogP contribution in [-0.4, -0.2) is 52.1 Å². The standard InChI is InChI=1S/C13H22N2O3S/c1-2-19-11-5-3-4-10(11)14-13(18)15-7-9(8-15)6-12(16)17/h9-11H,2-8H2,1H3,(H,14,18)(H,16,17). The molecule has 2 atom stereocenters. The van der Waals surface area contributed by atoms with Crippen molar-refractivity contribution in [3.05, 3.63) is 0 Å². The highest BCUT2D eigenvalue weighted by Gasteiger charge is 2.35. The molecule has 108 valence electrons. The van der Waals surface area contributed by atoms with Gasteiger partial charge < -0.3 is 15.3 Å². The van der Waals surface area contributed by atoms with Gasteiger partial charge in [-0.05, 0) is 18.6 Å². The summed E-state index contributed by atoms with van der Waals surface area (Å²) in [6, 6.07) is 0.270. The van der Waals surface area contributed by atoms with Crippen molar-refractivity contribution in [2.45, 2.75) is 43.9 Å². The first-order chi connectivity index (χ1) is 9.10. The van der Waals surface area contributed by atoms with Gasteiger partial charge in [-0.3, -0.25) is 4.79 Å². The van der Waals surface area contributed by atoms with E-state index in [0.717, 1.165) is 12.2 Å². The molecule has 2 fully saturated rings. The molecule has 5 nitrogen and oxygen atoms in total. The molecule has 0 aromatic heterocycles. The highest BCUT2D eigenvalue weighted by atomic mass is 32.2. The fraction of sp³-hybridized carbons (Fsp3) is 0.846. The SMILES string of the molecule is CCSC1CCCC1NC(=O)N1CC(CC(=O)O)C1. The minimum Gasteiger partial charge on any atom is -0.481 e. The molecule has 2 rings (SSSR count). The Balaban J connectivity index is 1.72. The number of likely N-dealkylation sites (tertiary alicyclic amines) is 1. The third kappa shape index (κ3) is 3.78. The summed E-state index contributed by atoms with van der Waals surface area (Å²) in [5.41, 5.74) is 0. The monoisotopic (exact) mass is 286 g/mol. The Hall–Kier alpha value is -0.910. The van der Waals surface area contributed by atoms with Gasteiger partial charge in [0.05, 0.1) is 6.42 Å². The van der Waals surface area contributed by atoms with Crippen LogP contribution in [0.4, 0.5) is 4.79 Å². The van der Waals surface area contributed by atoms with Crippen molar-refractivity contribution < 1.29 is 14.7 Å². The van der Waals surface area contributed by atoms with Crippen molar-refractivity contribution in [1.82, 2.24) is 10.2 Å². The average Bonchev–Trinajstić information content (AvgIpc) is 2.70. The lowest BCUT2D eigenvalue weighted by atomic mass is 9.97. The van der Waals surface area contributed by atoms with Crippen LogP contribution in [0.25, 0.3) is 0 Å². The maximum absolute atomic E-state index is 12.0. The molecule has 0 aromatic carbocycles. The van der Waals surface area contributed by atoms with Crippen molar-refractivity contribution in [2.75, 3.05) is 18.8 Å². The zero-order chi connectivity index (χ0) is 13.8. The first-order valence-electron chi connectivity index (χ1n) is 6.99. The summed E-state index contributed by atoms with van der Waals surface area (Å²) in [6.07, 6.45) is 3.60. The molecule has 1 saturated carbocycles. The van der Waals surface area contributed by atoms with E-state index in [1.807, 2.05) is 11.8 Å². The van der Waals surface area contributed by atoms with E-state index in [2.05, 4.69) is 12.2 Å². The molecule has 1 saturated heterocycles. The van der Waals surface area contributed by atoms with E-state index in [4.69, 9.17) is 5.11 Å². The van der Waals surface area contributed by atoms with Gasteiger partial charge in [0, 0.05) is 30.3 Å². The summed E-state index contributed by atoms with van der Waals surface area (Å²) in [5, 5.41) is 12.3. The van der Waals surface area contributed by atoms with Crippen molar-refractivity contribution in [3.63, 3.8) is 0 Å². The fourth-order valence-electron chi connectivity index (χ4n) is 2.87. The Bertz CT molecular complexity index is 345. The van der Waals surface area contributed by atoms with Crippen molar-refractivity contribution in [2.24, 2.45) is 5.92 Å². The van der Waals surface area contributed by atoms with Crippen molar-refractivity contribution in [3.8, 4) is 0 Å². The van der Waals surface area contributed by atoms with E-state index in [-0.39, 0.29) is 24.4 Å². The number of nitrogens with one attached hydrogen (secondary N) is 1. The first kappa shape index (κ1) is 14.5. The maximum atomic E-state index is 12.0. The van der Waals surface area contributed by atoms with Gasteiger partial charge in [-0.2, -0.15) is 11.8 Å². The number of carboxylic acids is 1. The second-order valence-electron chi connectivity index (χ2n) is 5.35. The molecule has 2 aliphatic rings. The van der Waals surface area contributed by atoms with E-state index < -0.39 is 5.97 Å². The van der Waals surface area contributed by atoms with Crippen LogP contribution >= 0.6 is 11.8 Å². The van der Waals surface area contributed by atoms with Crippen LogP contribution in [0.1, 0.15) is 32.6 Å². The zero-order valence-electron chi connectivity index (χ0n) is 11.3. The lowest BCUT2D eigenvalue weighted by Crippen LogP contribution is -2.56. The minimum atomic E-state index is -0.778. The first-order valence-corrected chi connectivity index (χ1v) is 8.03. The summed E-state index contributed by atoms with van der Waals surface area (Å²) < 4.78 is 0. The van der Waals surface area contributed by atoms with Gasteiger partial charge in [0.1, 0.15) is 0 Å². The van der Waals surface area contributed by atoms with Gasteiger partial charge in [0.15, 0.2) is 0 Å². The van der Waals surface area contributed by atoms with Gasteiger partial charge in [-0.15, -0.1) is 0 Å². The quantitative estimate of drug-likeness (QED) is 0.808. The van der Waals surface area contributed by atoms with Crippen LogP contribution in [0.5, 0.6) is 0 Å². The third-order valence-electron chi connectivity index (χ3n) is 3.85. The average molecular weight is 286 g/mol. The molecule has 0 spiro atoms. The van der Waals surface area contributed by atoms with E-state index in [1.54, 1.807) is 4.90 Å². The number of aliphatic carboxylic acids is 1. The van der Waals surface area contributed by atoms with E-state index >= 15 is 0 Å². The second kappa shape index (κ2) is 6.50. The number of amides is 2. The number of rotatable bonds is 5. The van der Waals surface area contributed by atoms with Crippen LogP contribution in [0.2, 0.25) is 0 Å². The molecule has 6 heteroatoms. The molecular weight excluding hydrogens is 264 g/mol. The zero-order valence-corrected chi connectivity index (χ0v) is 12.1. The summed E-state index contributed by atoms with van der Waals surface area (Å²) >= 11 is 1.92. The van der Waals surface area contributed by atoms with Gasteiger partial charge in [-0.1, -0.05) is 13.3 Å². The van der Waals surface area contributed by atoms with Crippen LogP contribution in [0.15, 0.2) is 0 Å². The summed E-state index contributed by atoms with van der Waals surface area (Å²) in [4.78, 5) is 24.3. The largest absolute Gasteiger partial charge is 0.481 e. The number of carboxylic acid groups (broad SMARTS) is 1. The fourth-order valence-corrected chi connectivity index (χ4v) is 4.06. The Morgan fingerprint density at radius 1 is 1.37 bits per heavy atom. The molecule has 0 bridgehead atoms. The van der Waals surface area contributed by atoms with Gasteiger partial charge in [-0.25, -0.2) is 4.79 Å². The molecule has 2 amide bonds. The number of hydrogen-bond acceptors (Lipinski definition) is 3. The van der Waals surface area contributed by atoms with Crippen molar-refractivity contribution >= 4 is 23.8 Å². The molecule has 1 aliphatic heterocycles. The number of carbonyl (C=O) groups is 2. The maximum Gasteiger partial charge on any atom is 0.317 e. The Labute approximate surface area is 118 Å². The molecule has 19 heavy (non-hydrogen) atoms. The normalized spacial score (nSPS) is 27.1. The molecule has 1 aliphatic carbocycles. The van der Waals surface area contributed by atoms with Crippen LogP contribution in [0.3, 0.4) is 0 Å². The Morgan fingerprint density at radius 3 is 2.74 bits per heavy atom. The lowest BCUT2D eigenvalue weighted by Gasteiger charge is -2.39. The smallest absolute Gasteiger partial charge is 0.317 e. The molecule has 0 aromatic rings. The lowest BCUT2D eigenvalue weighted by molar-refractivity contribution is -0.139. The minimum absolute atomic E-state index is 0.0183. The molecule has 2 unspecified atom stereocenters. The molecule has 2 N–H and O–H groups in total. The molecule has 0 radical (unpaired) electrons. The van der Waals surface area contributed by atoms with E-state index in [9.17, 15) is 9.59 Å². The van der Waals surface area contributed by atoms with Crippen LogP contribution < -0.4 is 5.32 Å². The highest BCUT2D eigenvalue weighted by molar-refractivity contribution is 7.99. The number of carbonyl (C=O) groups excluding carboxylic acids is 1. The van der Waals surface area contributed by atoms with Crippen molar-refractivity contribution in [1.29, 1.82) is 0 Å². The third-order valence-corrected chi connectivity index (χ3v) is 5.18. The number of urea groups is 1. The molecular formula is C13H22N2O3S. The second-order valence-corrected chi connectivity index (χ2v) is 6.87. The van der Waals surface area contributed by atoms with Gasteiger partial charge >= 0.3 is 12.0 Å². The molecule has 1 heterocycles. The van der Waals surface area contributed by atoms with E-state index in [0.29, 0.717) is 18.3 Å². The number of thioether (sulfide) groups is 1. The summed E-state index contributed by atoms with van der Waals surface area (Å²) in [7, 11) is 0. The number of nitrogens with zero attached hydrogens (tertiary/aromatic N) is 1. The summed E-state index contributed by atoms with van der Waals surface area (Å²) in [6.45, 7) is 3.31. The van der Waals surface area contributed by atoms with Crippen LogP contribution in [0, 0.1) is 5.92 Å². The Kier molecular flexibility index (Phi) is 4.96. The number of hydrogen-bond donors (Lipinski definition) is 2.